The van der Waals surface area contributed by atoms with Crippen LogP contribution in [0.25, 0.3) is 0 Å². The second kappa shape index (κ2) is 7.81. The van der Waals surface area contributed by atoms with Gasteiger partial charge in [-0.15, -0.1) is 0 Å². The summed E-state index contributed by atoms with van der Waals surface area (Å²) in [4.78, 5) is 4.48. The van der Waals surface area contributed by atoms with Gasteiger partial charge in [-0.25, -0.2) is 0 Å². The number of nitrogens with one attached hydrogen (secondary N) is 1. The van der Waals surface area contributed by atoms with Crippen LogP contribution >= 0.6 is 0 Å². The third-order valence-electron chi connectivity index (χ3n) is 3.69. The van der Waals surface area contributed by atoms with E-state index in [4.69, 9.17) is 0 Å². The summed E-state index contributed by atoms with van der Waals surface area (Å²) in [6, 6.07) is 15.4. The first-order valence-corrected chi connectivity index (χ1v) is 7.49. The fourth-order valence-corrected chi connectivity index (χ4v) is 2.35. The highest BCUT2D eigenvalue weighted by atomic mass is 14.9. The molecule has 0 saturated heterocycles. The van der Waals surface area contributed by atoms with E-state index in [-0.39, 0.29) is 0 Å². The van der Waals surface area contributed by atoms with Crippen LogP contribution in [0.2, 0.25) is 0 Å². The van der Waals surface area contributed by atoms with Crippen molar-refractivity contribution >= 4 is 0 Å². The van der Waals surface area contributed by atoms with E-state index in [0.29, 0.717) is 6.04 Å². The highest BCUT2D eigenvalue weighted by Gasteiger charge is 2.05. The van der Waals surface area contributed by atoms with E-state index in [1.165, 1.54) is 16.8 Å². The summed E-state index contributed by atoms with van der Waals surface area (Å²) in [5, 5.41) is 3.58. The van der Waals surface area contributed by atoms with Crippen molar-refractivity contribution in [2.75, 3.05) is 0 Å². The molecule has 0 aliphatic carbocycles. The lowest BCUT2D eigenvalue weighted by Crippen LogP contribution is -2.26. The molecule has 2 rings (SSSR count). The first-order chi connectivity index (χ1) is 9.79. The Morgan fingerprint density at radius 3 is 2.65 bits per heavy atom. The minimum Gasteiger partial charge on any atom is -0.309 e. The lowest BCUT2D eigenvalue weighted by molar-refractivity contribution is 0.508. The molecular formula is C18H24N2. The van der Waals surface area contributed by atoms with Crippen molar-refractivity contribution in [2.45, 2.75) is 45.7 Å². The number of hydrogen-bond donors (Lipinski definition) is 1. The van der Waals surface area contributed by atoms with E-state index in [2.05, 4.69) is 60.5 Å². The predicted molar refractivity (Wildman–Crippen MR) is 84.7 cm³/mol. The van der Waals surface area contributed by atoms with E-state index in [1.807, 2.05) is 12.3 Å². The number of aromatic nitrogens is 1. The highest BCUT2D eigenvalue weighted by Crippen LogP contribution is 2.08. The molecule has 0 radical (unpaired) electrons. The first kappa shape index (κ1) is 14.7. The normalized spacial score (nSPS) is 12.3. The van der Waals surface area contributed by atoms with Crippen LogP contribution in [0.4, 0.5) is 0 Å². The maximum atomic E-state index is 4.48. The van der Waals surface area contributed by atoms with Gasteiger partial charge in [-0.3, -0.25) is 4.98 Å². The Labute approximate surface area is 122 Å². The Morgan fingerprint density at radius 2 is 1.90 bits per heavy atom. The maximum absolute atomic E-state index is 4.48. The van der Waals surface area contributed by atoms with Gasteiger partial charge in [0.05, 0.1) is 5.69 Å². The molecule has 2 aromatic rings. The molecule has 2 nitrogen and oxygen atoms in total. The number of hydrogen-bond acceptors (Lipinski definition) is 2. The van der Waals surface area contributed by atoms with E-state index in [0.717, 1.165) is 25.8 Å². The topological polar surface area (TPSA) is 24.9 Å². The molecule has 20 heavy (non-hydrogen) atoms. The smallest absolute Gasteiger partial charge is 0.0573 e. The molecule has 1 N–H and O–H groups in total. The summed E-state index contributed by atoms with van der Waals surface area (Å²) >= 11 is 0. The molecule has 1 aromatic heterocycles. The van der Waals surface area contributed by atoms with Crippen LogP contribution in [0, 0.1) is 0 Å². The summed E-state index contributed by atoms with van der Waals surface area (Å²) in [5.41, 5.74) is 3.94. The maximum Gasteiger partial charge on any atom is 0.0573 e. The second-order valence-electron chi connectivity index (χ2n) is 5.27. The van der Waals surface area contributed by atoms with Crippen molar-refractivity contribution in [3.05, 3.63) is 65.5 Å². The largest absolute Gasteiger partial charge is 0.309 e. The molecule has 2 heteroatoms. The standard InChI is InChI=1S/C18H24N2/c1-3-17-10-7-13-19-18(17)14-20-15(2)11-12-16-8-5-4-6-9-16/h4-10,13,15,20H,3,11-12,14H2,1-2H3. The molecule has 0 aliphatic rings. The average Bonchev–Trinajstić information content (AvgIpc) is 2.52. The molecule has 0 fully saturated rings. The van der Waals surface area contributed by atoms with Crippen LogP contribution in [0.1, 0.15) is 37.1 Å². The zero-order chi connectivity index (χ0) is 14.2. The van der Waals surface area contributed by atoms with Crippen molar-refractivity contribution in [3.63, 3.8) is 0 Å². The van der Waals surface area contributed by atoms with Crippen LogP contribution in [-0.2, 0) is 19.4 Å². The number of nitrogens with zero attached hydrogens (tertiary/aromatic N) is 1. The van der Waals surface area contributed by atoms with Gasteiger partial charge in [0.25, 0.3) is 0 Å². The zero-order valence-electron chi connectivity index (χ0n) is 12.5. The molecule has 1 aromatic carbocycles. The van der Waals surface area contributed by atoms with E-state index in [1.54, 1.807) is 0 Å². The minimum atomic E-state index is 0.502. The van der Waals surface area contributed by atoms with Crippen molar-refractivity contribution in [1.29, 1.82) is 0 Å². The monoisotopic (exact) mass is 268 g/mol. The van der Waals surface area contributed by atoms with Gasteiger partial charge in [0.15, 0.2) is 0 Å². The third-order valence-corrected chi connectivity index (χ3v) is 3.69. The first-order valence-electron chi connectivity index (χ1n) is 7.49. The van der Waals surface area contributed by atoms with Gasteiger partial charge in [-0.2, -0.15) is 0 Å². The van der Waals surface area contributed by atoms with Gasteiger partial charge < -0.3 is 5.32 Å². The van der Waals surface area contributed by atoms with E-state index < -0.39 is 0 Å². The van der Waals surface area contributed by atoms with Gasteiger partial charge in [0, 0.05) is 18.8 Å². The molecule has 1 atom stereocenters. The van der Waals surface area contributed by atoms with Crippen molar-refractivity contribution in [3.8, 4) is 0 Å². The molecular weight excluding hydrogens is 244 g/mol. The molecule has 1 unspecified atom stereocenters. The van der Waals surface area contributed by atoms with Gasteiger partial charge in [0.1, 0.15) is 0 Å². The Kier molecular flexibility index (Phi) is 5.75. The molecule has 0 aliphatic heterocycles. The second-order valence-corrected chi connectivity index (χ2v) is 5.27. The molecule has 1 heterocycles. The zero-order valence-corrected chi connectivity index (χ0v) is 12.5. The summed E-state index contributed by atoms with van der Waals surface area (Å²) in [6.45, 7) is 5.29. The lowest BCUT2D eigenvalue weighted by atomic mass is 10.1. The molecule has 0 spiro atoms. The van der Waals surface area contributed by atoms with Crippen LogP contribution in [0.15, 0.2) is 48.7 Å². The Bertz CT molecular complexity index is 508. The van der Waals surface area contributed by atoms with Gasteiger partial charge in [-0.05, 0) is 43.4 Å². The van der Waals surface area contributed by atoms with Crippen molar-refractivity contribution < 1.29 is 0 Å². The minimum absolute atomic E-state index is 0.502. The van der Waals surface area contributed by atoms with Gasteiger partial charge >= 0.3 is 0 Å². The van der Waals surface area contributed by atoms with Crippen LogP contribution < -0.4 is 5.32 Å². The van der Waals surface area contributed by atoms with Crippen LogP contribution in [0.3, 0.4) is 0 Å². The molecule has 106 valence electrons. The highest BCUT2D eigenvalue weighted by molar-refractivity contribution is 5.19. The quantitative estimate of drug-likeness (QED) is 0.827. The van der Waals surface area contributed by atoms with Gasteiger partial charge in [-0.1, -0.05) is 43.3 Å². The summed E-state index contributed by atoms with van der Waals surface area (Å²) in [5.74, 6) is 0. The summed E-state index contributed by atoms with van der Waals surface area (Å²) in [6.07, 6.45) is 5.20. The van der Waals surface area contributed by atoms with Crippen LogP contribution in [0.5, 0.6) is 0 Å². The third kappa shape index (κ3) is 4.46. The van der Waals surface area contributed by atoms with Crippen LogP contribution in [-0.4, -0.2) is 11.0 Å². The summed E-state index contributed by atoms with van der Waals surface area (Å²) < 4.78 is 0. The fourth-order valence-electron chi connectivity index (χ4n) is 2.35. The Balaban J connectivity index is 1.79. The predicted octanol–water partition coefficient (Wildman–Crippen LogP) is 3.75. The van der Waals surface area contributed by atoms with Gasteiger partial charge in [0.2, 0.25) is 0 Å². The SMILES string of the molecule is CCc1cccnc1CNC(C)CCc1ccccc1. The molecule has 0 bridgehead atoms. The number of benzene rings is 1. The Hall–Kier alpha value is -1.67. The number of aryl methyl sites for hydroxylation is 2. The van der Waals surface area contributed by atoms with Crippen molar-refractivity contribution in [2.24, 2.45) is 0 Å². The van der Waals surface area contributed by atoms with Crippen molar-refractivity contribution in [1.82, 2.24) is 10.3 Å². The van der Waals surface area contributed by atoms with E-state index in [9.17, 15) is 0 Å². The molecule has 0 amide bonds. The average molecular weight is 268 g/mol. The van der Waals surface area contributed by atoms with E-state index >= 15 is 0 Å². The lowest BCUT2D eigenvalue weighted by Gasteiger charge is -2.15. The number of pyridine rings is 1. The summed E-state index contributed by atoms with van der Waals surface area (Å²) in [7, 11) is 0. The number of rotatable bonds is 7. The Morgan fingerprint density at radius 1 is 1.10 bits per heavy atom. The fraction of sp³-hybridized carbons (Fsp3) is 0.389. The molecule has 0 saturated carbocycles.